The van der Waals surface area contributed by atoms with Crippen molar-refractivity contribution in [3.05, 3.63) is 47.7 Å². The molecule has 3 heterocycles. The number of benzene rings is 2. The van der Waals surface area contributed by atoms with Crippen LogP contribution in [0.1, 0.15) is 71.3 Å². The molecule has 2 aliphatic carbocycles. The molecule has 2 unspecified atom stereocenters. The average molecular weight is 676 g/mol. The molecule has 9 nitrogen and oxygen atoms in total. The van der Waals surface area contributed by atoms with Crippen molar-refractivity contribution in [2.24, 2.45) is 11.3 Å². The lowest BCUT2D eigenvalue weighted by Crippen LogP contribution is -2.58. The molecule has 0 amide bonds. The summed E-state index contributed by atoms with van der Waals surface area (Å²) in [5.41, 5.74) is 0.557. The van der Waals surface area contributed by atoms with Gasteiger partial charge >= 0.3 is 6.01 Å². The molecule has 1 saturated heterocycles. The van der Waals surface area contributed by atoms with Gasteiger partial charge in [0.05, 0.1) is 18.6 Å². The van der Waals surface area contributed by atoms with E-state index in [0.717, 1.165) is 44.6 Å². The highest BCUT2D eigenvalue weighted by Crippen LogP contribution is 2.51. The van der Waals surface area contributed by atoms with E-state index < -0.39 is 11.6 Å². The molecule has 7 rings (SSSR count). The van der Waals surface area contributed by atoms with Crippen molar-refractivity contribution in [3.8, 4) is 23.0 Å². The number of anilines is 1. The molecule has 2 atom stereocenters. The standard InChI is InChI=1S/C38H47F2N5O4/c1-4-27-30(39)10-9-24-18-26(47)19-28(32(24)27)34-33(40)35-29(20-41-34)36(44(22-46)14-15-48-5-2)43-37(42-35)49-21-38-11-6-8-31(38)45(13-7-12-38)25-16-23(3)17-25/h9-10,18-20,23,25,31,46-47H,4-8,11-17,21-22H2,1-3H3. The molecule has 0 bridgehead atoms. The number of aliphatic hydroxyl groups excluding tert-OH is 1. The Hall–Kier alpha value is -3.67. The Morgan fingerprint density at radius 2 is 1.92 bits per heavy atom. The van der Waals surface area contributed by atoms with Gasteiger partial charge in [0, 0.05) is 42.4 Å². The van der Waals surface area contributed by atoms with Crippen LogP contribution in [0.3, 0.4) is 0 Å². The first-order valence-electron chi connectivity index (χ1n) is 17.9. The number of aromatic hydroxyl groups is 1. The zero-order valence-electron chi connectivity index (χ0n) is 28.7. The maximum atomic E-state index is 16.9. The van der Waals surface area contributed by atoms with Crippen molar-refractivity contribution >= 4 is 27.5 Å². The SMILES string of the molecule is CCOCCN(CO)c1nc(OCC23CCCC2N(C2CC(C)C2)CCC3)nc2c(F)c(-c3cc(O)cc4ccc(F)c(CC)c34)ncc12. The summed E-state index contributed by atoms with van der Waals surface area (Å²) in [6.45, 7) is 8.35. The second kappa shape index (κ2) is 13.9. The van der Waals surface area contributed by atoms with Gasteiger partial charge in [-0.25, -0.2) is 8.78 Å². The summed E-state index contributed by atoms with van der Waals surface area (Å²) in [5.74, 6) is -0.174. The molecule has 3 aliphatic rings. The fourth-order valence-electron chi connectivity index (χ4n) is 8.83. The normalized spacial score (nSPS) is 23.9. The third-order valence-electron chi connectivity index (χ3n) is 11.2. The van der Waals surface area contributed by atoms with Crippen molar-refractivity contribution in [1.29, 1.82) is 0 Å². The lowest BCUT2D eigenvalue weighted by Gasteiger charge is -2.53. The van der Waals surface area contributed by atoms with Gasteiger partial charge in [0.1, 0.15) is 35.3 Å². The van der Waals surface area contributed by atoms with E-state index >= 15 is 8.78 Å². The molecule has 0 radical (unpaired) electrons. The lowest BCUT2D eigenvalue weighted by atomic mass is 9.72. The van der Waals surface area contributed by atoms with E-state index in [1.165, 1.54) is 37.2 Å². The van der Waals surface area contributed by atoms with Crippen LogP contribution in [0.15, 0.2) is 30.5 Å². The van der Waals surface area contributed by atoms with Crippen LogP contribution in [0.5, 0.6) is 11.8 Å². The van der Waals surface area contributed by atoms with Gasteiger partial charge in [-0.3, -0.25) is 9.88 Å². The van der Waals surface area contributed by atoms with Crippen LogP contribution in [0.25, 0.3) is 32.9 Å². The fourth-order valence-corrected chi connectivity index (χ4v) is 8.83. The summed E-state index contributed by atoms with van der Waals surface area (Å²) in [6.07, 6.45) is 9.89. The number of hydrogen-bond donors (Lipinski definition) is 2. The van der Waals surface area contributed by atoms with Crippen LogP contribution in [-0.4, -0.2) is 81.8 Å². The smallest absolute Gasteiger partial charge is 0.319 e. The Morgan fingerprint density at radius 1 is 1.10 bits per heavy atom. The summed E-state index contributed by atoms with van der Waals surface area (Å²) in [4.78, 5) is 18.2. The predicted molar refractivity (Wildman–Crippen MR) is 186 cm³/mol. The van der Waals surface area contributed by atoms with Gasteiger partial charge in [0.15, 0.2) is 5.82 Å². The molecule has 11 heteroatoms. The van der Waals surface area contributed by atoms with E-state index in [-0.39, 0.29) is 46.5 Å². The first kappa shape index (κ1) is 33.8. The number of pyridine rings is 1. The Kier molecular flexibility index (Phi) is 9.60. The van der Waals surface area contributed by atoms with Crippen LogP contribution < -0.4 is 9.64 Å². The van der Waals surface area contributed by atoms with Gasteiger partial charge in [-0.05, 0) is 98.9 Å². The number of halogens is 2. The Labute approximate surface area is 286 Å². The molecule has 2 N–H and O–H groups in total. The van der Waals surface area contributed by atoms with Gasteiger partial charge in [-0.15, -0.1) is 0 Å². The molecule has 1 aliphatic heterocycles. The zero-order valence-corrected chi connectivity index (χ0v) is 28.7. The van der Waals surface area contributed by atoms with Crippen LogP contribution in [0, 0.1) is 23.0 Å². The Balaban J connectivity index is 1.31. The van der Waals surface area contributed by atoms with E-state index in [0.29, 0.717) is 66.6 Å². The first-order valence-corrected chi connectivity index (χ1v) is 17.9. The highest BCUT2D eigenvalue weighted by atomic mass is 19.1. The number of likely N-dealkylation sites (tertiary alicyclic amines) is 1. The summed E-state index contributed by atoms with van der Waals surface area (Å²) >= 11 is 0. The second-order valence-corrected chi connectivity index (χ2v) is 14.2. The van der Waals surface area contributed by atoms with Crippen molar-refractivity contribution in [3.63, 3.8) is 0 Å². The number of piperidine rings is 1. The van der Waals surface area contributed by atoms with E-state index in [1.54, 1.807) is 11.0 Å². The maximum Gasteiger partial charge on any atom is 0.319 e. The third-order valence-corrected chi connectivity index (χ3v) is 11.2. The highest BCUT2D eigenvalue weighted by Gasteiger charge is 2.51. The van der Waals surface area contributed by atoms with Crippen LogP contribution in [0.4, 0.5) is 14.6 Å². The molecule has 3 fully saturated rings. The number of phenols is 1. The average Bonchev–Trinajstić information content (AvgIpc) is 3.53. The van der Waals surface area contributed by atoms with Crippen LogP contribution in [0.2, 0.25) is 0 Å². The number of aromatic nitrogens is 3. The number of aliphatic hydroxyl groups is 1. The quantitative estimate of drug-likeness (QED) is 0.121. The topological polar surface area (TPSA) is 104 Å². The second-order valence-electron chi connectivity index (χ2n) is 14.2. The number of rotatable bonds is 12. The van der Waals surface area contributed by atoms with Crippen molar-refractivity contribution < 1.29 is 28.5 Å². The molecule has 0 spiro atoms. The molecular weight excluding hydrogens is 628 g/mol. The monoisotopic (exact) mass is 675 g/mol. The summed E-state index contributed by atoms with van der Waals surface area (Å²) in [7, 11) is 0. The number of aryl methyl sites for hydroxylation is 1. The molecular formula is C38H47F2N5O4. The van der Waals surface area contributed by atoms with Crippen LogP contribution >= 0.6 is 0 Å². The van der Waals surface area contributed by atoms with E-state index in [4.69, 9.17) is 14.5 Å². The number of nitrogens with zero attached hydrogens (tertiary/aromatic N) is 5. The minimum atomic E-state index is -0.744. The van der Waals surface area contributed by atoms with Gasteiger partial charge < -0.3 is 24.6 Å². The summed E-state index contributed by atoms with van der Waals surface area (Å²) < 4.78 is 44.0. The van der Waals surface area contributed by atoms with E-state index in [2.05, 4.69) is 21.8 Å². The largest absolute Gasteiger partial charge is 0.508 e. The minimum Gasteiger partial charge on any atom is -0.508 e. The summed E-state index contributed by atoms with van der Waals surface area (Å²) in [5, 5.41) is 22.4. The van der Waals surface area contributed by atoms with E-state index in [9.17, 15) is 10.2 Å². The van der Waals surface area contributed by atoms with Gasteiger partial charge in [0.2, 0.25) is 0 Å². The minimum absolute atomic E-state index is 0.0236. The van der Waals surface area contributed by atoms with Gasteiger partial charge in [0.25, 0.3) is 0 Å². The van der Waals surface area contributed by atoms with Crippen molar-refractivity contribution in [2.75, 3.05) is 44.5 Å². The fraction of sp³-hybridized carbons (Fsp3) is 0.553. The van der Waals surface area contributed by atoms with Crippen molar-refractivity contribution in [1.82, 2.24) is 19.9 Å². The predicted octanol–water partition coefficient (Wildman–Crippen LogP) is 7.00. The molecule has 2 aromatic heterocycles. The Bertz CT molecular complexity index is 1840. The molecule has 2 saturated carbocycles. The van der Waals surface area contributed by atoms with Gasteiger partial charge in [-0.1, -0.05) is 26.3 Å². The van der Waals surface area contributed by atoms with E-state index in [1.807, 2.05) is 13.8 Å². The molecule has 4 aromatic rings. The first-order chi connectivity index (χ1) is 23.8. The number of phenolic OH excluding ortho intramolecular Hbond substituents is 1. The number of fused-ring (bicyclic) bond motifs is 3. The van der Waals surface area contributed by atoms with Crippen LogP contribution in [-0.2, 0) is 11.2 Å². The third kappa shape index (κ3) is 6.18. The zero-order chi connectivity index (χ0) is 34.3. The number of hydrogen-bond acceptors (Lipinski definition) is 9. The maximum absolute atomic E-state index is 16.9. The molecule has 2 aromatic carbocycles. The molecule has 262 valence electrons. The highest BCUT2D eigenvalue weighted by molar-refractivity contribution is 6.01. The Morgan fingerprint density at radius 3 is 2.67 bits per heavy atom. The number of ether oxygens (including phenoxy) is 2. The lowest BCUT2D eigenvalue weighted by molar-refractivity contribution is -0.0511. The van der Waals surface area contributed by atoms with Crippen molar-refractivity contribution in [2.45, 2.75) is 84.2 Å². The molecule has 49 heavy (non-hydrogen) atoms. The van der Waals surface area contributed by atoms with Gasteiger partial charge in [-0.2, -0.15) is 9.97 Å². The summed E-state index contributed by atoms with van der Waals surface area (Å²) in [6, 6.07) is 6.99.